The SMILES string of the molecule is COc1c(Cl)ccc(C=Nc2cccc3nc(C)ccc23)c1F. The molecular formula is C18H14ClFN2O. The summed E-state index contributed by atoms with van der Waals surface area (Å²) in [6.45, 7) is 1.94. The van der Waals surface area contributed by atoms with Crippen molar-refractivity contribution in [2.75, 3.05) is 7.11 Å². The third kappa shape index (κ3) is 3.03. The fourth-order valence-electron chi connectivity index (χ4n) is 2.33. The van der Waals surface area contributed by atoms with E-state index in [9.17, 15) is 4.39 Å². The average Bonchev–Trinajstić information content (AvgIpc) is 2.54. The topological polar surface area (TPSA) is 34.5 Å². The standard InChI is InChI=1S/C18H14ClFN2O/c1-11-6-8-13-15(4-3-5-16(13)22-11)21-10-12-7-9-14(19)18(23-2)17(12)20/h3-10H,1-2H3. The molecule has 1 heterocycles. The van der Waals surface area contributed by atoms with E-state index in [1.165, 1.54) is 13.3 Å². The Labute approximate surface area is 138 Å². The van der Waals surface area contributed by atoms with Gasteiger partial charge in [-0.3, -0.25) is 9.98 Å². The number of nitrogens with zero attached hydrogens (tertiary/aromatic N) is 2. The average molecular weight is 329 g/mol. The molecule has 2 aromatic carbocycles. The zero-order valence-electron chi connectivity index (χ0n) is 12.7. The zero-order valence-corrected chi connectivity index (χ0v) is 13.4. The van der Waals surface area contributed by atoms with Gasteiger partial charge >= 0.3 is 0 Å². The summed E-state index contributed by atoms with van der Waals surface area (Å²) in [6.07, 6.45) is 1.46. The first-order chi connectivity index (χ1) is 11.1. The van der Waals surface area contributed by atoms with E-state index in [1.807, 2.05) is 37.3 Å². The van der Waals surface area contributed by atoms with Crippen LogP contribution in [0.4, 0.5) is 10.1 Å². The molecule has 3 nitrogen and oxygen atoms in total. The lowest BCUT2D eigenvalue weighted by molar-refractivity contribution is 0.386. The molecule has 0 saturated heterocycles. The molecule has 116 valence electrons. The van der Waals surface area contributed by atoms with E-state index < -0.39 is 5.82 Å². The van der Waals surface area contributed by atoms with Crippen LogP contribution in [0.1, 0.15) is 11.3 Å². The Morgan fingerprint density at radius 2 is 2.00 bits per heavy atom. The second-order valence-corrected chi connectivity index (χ2v) is 5.45. The quantitative estimate of drug-likeness (QED) is 0.627. The molecule has 0 unspecified atom stereocenters. The largest absolute Gasteiger partial charge is 0.492 e. The smallest absolute Gasteiger partial charge is 0.175 e. The fraction of sp³-hybridized carbons (Fsp3) is 0.111. The van der Waals surface area contributed by atoms with Crippen molar-refractivity contribution in [2.24, 2.45) is 4.99 Å². The number of aryl methyl sites for hydroxylation is 1. The number of hydrogen-bond acceptors (Lipinski definition) is 3. The van der Waals surface area contributed by atoms with E-state index in [2.05, 4.69) is 9.98 Å². The summed E-state index contributed by atoms with van der Waals surface area (Å²) in [5.41, 5.74) is 2.83. The summed E-state index contributed by atoms with van der Waals surface area (Å²) in [4.78, 5) is 8.86. The number of fused-ring (bicyclic) bond motifs is 1. The van der Waals surface area contributed by atoms with Crippen molar-refractivity contribution >= 4 is 34.4 Å². The van der Waals surface area contributed by atoms with Crippen molar-refractivity contribution in [2.45, 2.75) is 6.92 Å². The second kappa shape index (κ2) is 6.34. The minimum Gasteiger partial charge on any atom is -0.492 e. The van der Waals surface area contributed by atoms with Crippen molar-refractivity contribution in [3.05, 3.63) is 64.6 Å². The number of hydrogen-bond donors (Lipinski definition) is 0. The van der Waals surface area contributed by atoms with Gasteiger partial charge in [0.1, 0.15) is 0 Å². The van der Waals surface area contributed by atoms with E-state index in [0.717, 1.165) is 22.3 Å². The van der Waals surface area contributed by atoms with Gasteiger partial charge in [0.05, 0.1) is 23.3 Å². The van der Waals surface area contributed by atoms with E-state index in [-0.39, 0.29) is 10.8 Å². The molecule has 0 radical (unpaired) electrons. The van der Waals surface area contributed by atoms with E-state index >= 15 is 0 Å². The molecule has 3 rings (SSSR count). The number of rotatable bonds is 3. The highest BCUT2D eigenvalue weighted by molar-refractivity contribution is 6.32. The maximum Gasteiger partial charge on any atom is 0.175 e. The van der Waals surface area contributed by atoms with E-state index in [4.69, 9.17) is 16.3 Å². The van der Waals surface area contributed by atoms with Gasteiger partial charge in [0, 0.05) is 22.9 Å². The van der Waals surface area contributed by atoms with Gasteiger partial charge < -0.3 is 4.74 Å². The van der Waals surface area contributed by atoms with Gasteiger partial charge in [0.15, 0.2) is 11.6 Å². The van der Waals surface area contributed by atoms with Gasteiger partial charge in [-0.15, -0.1) is 0 Å². The third-order valence-corrected chi connectivity index (χ3v) is 3.77. The number of aromatic nitrogens is 1. The molecule has 0 spiro atoms. The summed E-state index contributed by atoms with van der Waals surface area (Å²) in [7, 11) is 1.38. The Balaban J connectivity index is 2.04. The summed E-state index contributed by atoms with van der Waals surface area (Å²) >= 11 is 5.89. The van der Waals surface area contributed by atoms with Gasteiger partial charge in [0.2, 0.25) is 0 Å². The van der Waals surface area contributed by atoms with Crippen LogP contribution in [-0.4, -0.2) is 18.3 Å². The van der Waals surface area contributed by atoms with Gasteiger partial charge in [-0.25, -0.2) is 4.39 Å². The first-order valence-electron chi connectivity index (χ1n) is 7.02. The maximum atomic E-state index is 14.3. The predicted octanol–water partition coefficient (Wildman–Crippen LogP) is 5.09. The van der Waals surface area contributed by atoms with Gasteiger partial charge in [-0.1, -0.05) is 17.7 Å². The fourth-order valence-corrected chi connectivity index (χ4v) is 2.55. The number of ether oxygens (including phenoxy) is 1. The van der Waals surface area contributed by atoms with Crippen molar-refractivity contribution in [1.82, 2.24) is 4.98 Å². The minimum atomic E-state index is -0.530. The van der Waals surface area contributed by atoms with E-state index in [1.54, 1.807) is 12.1 Å². The Kier molecular flexibility index (Phi) is 4.26. The lowest BCUT2D eigenvalue weighted by atomic mass is 10.1. The summed E-state index contributed by atoms with van der Waals surface area (Å²) in [5.74, 6) is -0.510. The maximum absolute atomic E-state index is 14.3. The lowest BCUT2D eigenvalue weighted by Gasteiger charge is -2.06. The zero-order chi connectivity index (χ0) is 16.4. The molecular weight excluding hydrogens is 315 g/mol. The van der Waals surface area contributed by atoms with Gasteiger partial charge in [-0.05, 0) is 43.3 Å². The highest BCUT2D eigenvalue weighted by Crippen LogP contribution is 2.30. The predicted molar refractivity (Wildman–Crippen MR) is 91.7 cm³/mol. The third-order valence-electron chi connectivity index (χ3n) is 3.47. The molecule has 0 saturated carbocycles. The second-order valence-electron chi connectivity index (χ2n) is 5.04. The highest BCUT2D eigenvalue weighted by Gasteiger charge is 2.11. The van der Waals surface area contributed by atoms with Crippen LogP contribution in [-0.2, 0) is 0 Å². The van der Waals surface area contributed by atoms with Crippen LogP contribution in [0, 0.1) is 12.7 Å². The summed E-state index contributed by atoms with van der Waals surface area (Å²) in [5, 5.41) is 1.14. The van der Waals surface area contributed by atoms with Crippen LogP contribution in [0.3, 0.4) is 0 Å². The molecule has 0 aliphatic carbocycles. The molecule has 5 heteroatoms. The molecule has 0 N–H and O–H groups in total. The van der Waals surface area contributed by atoms with Crippen molar-refractivity contribution in [1.29, 1.82) is 0 Å². The molecule has 0 aliphatic heterocycles. The van der Waals surface area contributed by atoms with Crippen molar-refractivity contribution in [3.63, 3.8) is 0 Å². The molecule has 0 fully saturated rings. The molecule has 23 heavy (non-hydrogen) atoms. The molecule has 0 atom stereocenters. The summed E-state index contributed by atoms with van der Waals surface area (Å²) in [6, 6.07) is 12.7. The van der Waals surface area contributed by atoms with Crippen LogP contribution < -0.4 is 4.74 Å². The van der Waals surface area contributed by atoms with Crippen LogP contribution >= 0.6 is 11.6 Å². The normalized spacial score (nSPS) is 11.3. The Bertz CT molecular complexity index is 909. The Hall–Kier alpha value is -2.46. The molecule has 1 aromatic heterocycles. The lowest BCUT2D eigenvalue weighted by Crippen LogP contribution is -1.95. The van der Waals surface area contributed by atoms with Crippen LogP contribution in [0.15, 0.2) is 47.5 Å². The van der Waals surface area contributed by atoms with E-state index in [0.29, 0.717) is 5.56 Å². The first kappa shape index (κ1) is 15.4. The van der Waals surface area contributed by atoms with Crippen LogP contribution in [0.2, 0.25) is 5.02 Å². The summed E-state index contributed by atoms with van der Waals surface area (Å²) < 4.78 is 19.3. The highest BCUT2D eigenvalue weighted by atomic mass is 35.5. The van der Waals surface area contributed by atoms with Crippen LogP contribution in [0.5, 0.6) is 5.75 Å². The first-order valence-corrected chi connectivity index (χ1v) is 7.40. The van der Waals surface area contributed by atoms with Crippen molar-refractivity contribution < 1.29 is 9.13 Å². The number of halogens is 2. The van der Waals surface area contributed by atoms with Crippen molar-refractivity contribution in [3.8, 4) is 5.75 Å². The van der Waals surface area contributed by atoms with Crippen LogP contribution in [0.25, 0.3) is 10.9 Å². The number of benzene rings is 2. The number of methoxy groups -OCH3 is 1. The Morgan fingerprint density at radius 1 is 1.17 bits per heavy atom. The number of aliphatic imine (C=N–C) groups is 1. The molecule has 0 aliphatic rings. The molecule has 0 bridgehead atoms. The minimum absolute atomic E-state index is 0.0193. The van der Waals surface area contributed by atoms with Gasteiger partial charge in [0.25, 0.3) is 0 Å². The molecule has 3 aromatic rings. The van der Waals surface area contributed by atoms with Gasteiger partial charge in [-0.2, -0.15) is 0 Å². The Morgan fingerprint density at radius 3 is 2.78 bits per heavy atom. The number of pyridine rings is 1. The molecule has 0 amide bonds. The monoisotopic (exact) mass is 328 g/mol.